The minimum atomic E-state index is 0.647. The zero-order valence-corrected chi connectivity index (χ0v) is 13.7. The summed E-state index contributed by atoms with van der Waals surface area (Å²) in [7, 11) is 0. The Bertz CT molecular complexity index is 989. The first kappa shape index (κ1) is 14.7. The lowest BCUT2D eigenvalue weighted by atomic mass is 10.1. The minimum absolute atomic E-state index is 0.647. The quantitative estimate of drug-likeness (QED) is 0.548. The number of aryl methyl sites for hydroxylation is 1. The van der Waals surface area contributed by atoms with E-state index in [1.54, 1.807) is 6.20 Å². The lowest BCUT2D eigenvalue weighted by molar-refractivity contribution is 0.572. The van der Waals surface area contributed by atoms with Crippen LogP contribution in [0.25, 0.3) is 34.1 Å². The summed E-state index contributed by atoms with van der Waals surface area (Å²) in [5, 5.41) is 0.689. The smallest absolute Gasteiger partial charge is 0.182 e. The third kappa shape index (κ3) is 2.61. The van der Waals surface area contributed by atoms with Crippen molar-refractivity contribution in [2.24, 2.45) is 0 Å². The monoisotopic (exact) mass is 335 g/mol. The summed E-state index contributed by atoms with van der Waals surface area (Å²) in [6, 6.07) is 15.8. The van der Waals surface area contributed by atoms with Gasteiger partial charge in [-0.1, -0.05) is 54.1 Å². The number of imidazole rings is 1. The van der Waals surface area contributed by atoms with Gasteiger partial charge in [0.15, 0.2) is 23.7 Å². The predicted molar refractivity (Wildman–Crippen MR) is 94.7 cm³/mol. The third-order valence-electron chi connectivity index (χ3n) is 3.82. The summed E-state index contributed by atoms with van der Waals surface area (Å²) in [5.41, 5.74) is 4.50. The standard InChI is InChI=1S/C19H14ClN3O/c1-12-7-8-14(15(20)9-12)16-10-21-19(23-16)17-18(24-11-22-17)13-5-3-2-4-6-13/h2-11H,1H3,(H,21,23). The first-order chi connectivity index (χ1) is 11.7. The topological polar surface area (TPSA) is 54.7 Å². The summed E-state index contributed by atoms with van der Waals surface area (Å²) in [6.07, 6.45) is 3.19. The summed E-state index contributed by atoms with van der Waals surface area (Å²) in [5.74, 6) is 1.33. The largest absolute Gasteiger partial charge is 0.443 e. The van der Waals surface area contributed by atoms with Gasteiger partial charge in [0.25, 0.3) is 0 Å². The number of rotatable bonds is 3. The lowest BCUT2D eigenvalue weighted by Crippen LogP contribution is -1.85. The highest BCUT2D eigenvalue weighted by molar-refractivity contribution is 6.33. The molecule has 118 valence electrons. The molecule has 0 aliphatic carbocycles. The fourth-order valence-electron chi connectivity index (χ4n) is 2.63. The van der Waals surface area contributed by atoms with E-state index in [4.69, 9.17) is 16.0 Å². The Kier molecular flexibility index (Phi) is 3.67. The molecule has 2 aromatic carbocycles. The number of nitrogens with one attached hydrogen (secondary N) is 1. The summed E-state index contributed by atoms with van der Waals surface area (Å²) in [6.45, 7) is 2.01. The Morgan fingerprint density at radius 1 is 1.04 bits per heavy atom. The molecular formula is C19H14ClN3O. The highest BCUT2D eigenvalue weighted by Crippen LogP contribution is 2.32. The molecule has 4 rings (SSSR count). The second-order valence-electron chi connectivity index (χ2n) is 5.52. The summed E-state index contributed by atoms with van der Waals surface area (Å²) in [4.78, 5) is 12.0. The van der Waals surface area contributed by atoms with Gasteiger partial charge in [-0.15, -0.1) is 0 Å². The van der Waals surface area contributed by atoms with E-state index in [2.05, 4.69) is 15.0 Å². The molecule has 0 bridgehead atoms. The number of halogens is 1. The van der Waals surface area contributed by atoms with Gasteiger partial charge in [0.1, 0.15) is 0 Å². The van der Waals surface area contributed by atoms with E-state index in [1.165, 1.54) is 6.39 Å². The number of aromatic amines is 1. The average Bonchev–Trinajstić information content (AvgIpc) is 3.24. The number of H-pyrrole nitrogens is 1. The van der Waals surface area contributed by atoms with Crippen LogP contribution in [0.15, 0.2) is 65.5 Å². The summed E-state index contributed by atoms with van der Waals surface area (Å²) < 4.78 is 5.56. The highest BCUT2D eigenvalue weighted by atomic mass is 35.5. The molecule has 5 heteroatoms. The molecule has 0 spiro atoms. The predicted octanol–water partition coefficient (Wildman–Crippen LogP) is 5.36. The van der Waals surface area contributed by atoms with E-state index in [-0.39, 0.29) is 0 Å². The van der Waals surface area contributed by atoms with E-state index >= 15 is 0 Å². The lowest BCUT2D eigenvalue weighted by Gasteiger charge is -2.02. The van der Waals surface area contributed by atoms with Crippen LogP contribution in [-0.2, 0) is 0 Å². The number of oxazole rings is 1. The van der Waals surface area contributed by atoms with Gasteiger partial charge in [0, 0.05) is 11.1 Å². The first-order valence-electron chi connectivity index (χ1n) is 7.53. The van der Waals surface area contributed by atoms with Crippen LogP contribution in [-0.4, -0.2) is 15.0 Å². The Morgan fingerprint density at radius 2 is 1.88 bits per heavy atom. The van der Waals surface area contributed by atoms with Gasteiger partial charge in [0.05, 0.1) is 16.9 Å². The Labute approximate surface area is 144 Å². The number of aromatic nitrogens is 3. The minimum Gasteiger partial charge on any atom is -0.443 e. The van der Waals surface area contributed by atoms with Crippen LogP contribution in [0.4, 0.5) is 0 Å². The summed E-state index contributed by atoms with van der Waals surface area (Å²) >= 11 is 6.34. The molecule has 2 aromatic heterocycles. The van der Waals surface area contributed by atoms with Crippen LogP contribution in [0.1, 0.15) is 5.56 Å². The van der Waals surface area contributed by atoms with Crippen LogP contribution in [0, 0.1) is 6.92 Å². The molecule has 0 saturated heterocycles. The molecule has 2 heterocycles. The molecule has 0 fully saturated rings. The molecule has 1 N–H and O–H groups in total. The van der Waals surface area contributed by atoms with Gasteiger partial charge in [0.2, 0.25) is 0 Å². The van der Waals surface area contributed by atoms with Gasteiger partial charge in [-0.05, 0) is 18.6 Å². The fraction of sp³-hybridized carbons (Fsp3) is 0.0526. The fourth-order valence-corrected chi connectivity index (χ4v) is 2.96. The van der Waals surface area contributed by atoms with Gasteiger partial charge < -0.3 is 9.40 Å². The van der Waals surface area contributed by atoms with Crippen LogP contribution < -0.4 is 0 Å². The maximum absolute atomic E-state index is 6.34. The number of hydrogen-bond acceptors (Lipinski definition) is 3. The van der Waals surface area contributed by atoms with E-state index in [9.17, 15) is 0 Å². The molecule has 0 aliphatic heterocycles. The average molecular weight is 336 g/mol. The van der Waals surface area contributed by atoms with Crippen molar-refractivity contribution in [1.82, 2.24) is 15.0 Å². The zero-order chi connectivity index (χ0) is 16.5. The third-order valence-corrected chi connectivity index (χ3v) is 4.13. The van der Waals surface area contributed by atoms with Crippen molar-refractivity contribution in [3.63, 3.8) is 0 Å². The number of hydrogen-bond donors (Lipinski definition) is 1. The molecule has 4 nitrogen and oxygen atoms in total. The van der Waals surface area contributed by atoms with Gasteiger partial charge in [-0.2, -0.15) is 0 Å². The Morgan fingerprint density at radius 3 is 2.67 bits per heavy atom. The first-order valence-corrected chi connectivity index (χ1v) is 7.91. The van der Waals surface area contributed by atoms with Crippen molar-refractivity contribution in [3.8, 4) is 34.1 Å². The Balaban J connectivity index is 1.76. The van der Waals surface area contributed by atoms with Gasteiger partial charge >= 0.3 is 0 Å². The molecule has 0 unspecified atom stereocenters. The van der Waals surface area contributed by atoms with E-state index in [0.717, 1.165) is 22.4 Å². The van der Waals surface area contributed by atoms with Crippen molar-refractivity contribution in [2.75, 3.05) is 0 Å². The van der Waals surface area contributed by atoms with Crippen molar-refractivity contribution >= 4 is 11.6 Å². The zero-order valence-electron chi connectivity index (χ0n) is 13.0. The van der Waals surface area contributed by atoms with Crippen LogP contribution >= 0.6 is 11.6 Å². The molecule has 4 aromatic rings. The molecular weight excluding hydrogens is 322 g/mol. The molecule has 0 saturated carbocycles. The Hall–Kier alpha value is -2.85. The molecule has 0 atom stereocenters. The number of nitrogens with zero attached hydrogens (tertiary/aromatic N) is 2. The molecule has 0 radical (unpaired) electrons. The molecule has 0 aliphatic rings. The van der Waals surface area contributed by atoms with Crippen LogP contribution in [0.3, 0.4) is 0 Å². The van der Waals surface area contributed by atoms with Gasteiger partial charge in [-0.25, -0.2) is 9.97 Å². The van der Waals surface area contributed by atoms with Crippen molar-refractivity contribution in [1.29, 1.82) is 0 Å². The second-order valence-corrected chi connectivity index (χ2v) is 5.93. The highest BCUT2D eigenvalue weighted by Gasteiger charge is 2.16. The van der Waals surface area contributed by atoms with Gasteiger partial charge in [-0.3, -0.25) is 0 Å². The van der Waals surface area contributed by atoms with Crippen molar-refractivity contribution in [3.05, 3.63) is 71.7 Å². The molecule has 24 heavy (non-hydrogen) atoms. The number of benzene rings is 2. The maximum Gasteiger partial charge on any atom is 0.182 e. The normalized spacial score (nSPS) is 10.9. The maximum atomic E-state index is 6.34. The van der Waals surface area contributed by atoms with E-state index < -0.39 is 0 Å². The van der Waals surface area contributed by atoms with Crippen LogP contribution in [0.2, 0.25) is 5.02 Å². The molecule has 0 amide bonds. The second kappa shape index (κ2) is 5.98. The van der Waals surface area contributed by atoms with Crippen LogP contribution in [0.5, 0.6) is 0 Å². The SMILES string of the molecule is Cc1ccc(-c2cnc(-c3ncoc3-c3ccccc3)[nH]2)c(Cl)c1. The van der Waals surface area contributed by atoms with Crippen molar-refractivity contribution < 1.29 is 4.42 Å². The van der Waals surface area contributed by atoms with E-state index in [1.807, 2.05) is 55.5 Å². The van der Waals surface area contributed by atoms with Crippen molar-refractivity contribution in [2.45, 2.75) is 6.92 Å². The van der Waals surface area contributed by atoms with E-state index in [0.29, 0.717) is 22.3 Å².